The van der Waals surface area contributed by atoms with Gasteiger partial charge in [0.25, 0.3) is 0 Å². The van der Waals surface area contributed by atoms with Gasteiger partial charge in [0.1, 0.15) is 0 Å². The zero-order valence-corrected chi connectivity index (χ0v) is 8.99. The summed E-state index contributed by atoms with van der Waals surface area (Å²) in [7, 11) is -1.40. The van der Waals surface area contributed by atoms with Crippen molar-refractivity contribution in [3.63, 3.8) is 0 Å². The molecule has 0 heterocycles. The lowest BCUT2D eigenvalue weighted by molar-refractivity contribution is 0.194. The molecule has 0 aromatic heterocycles. The summed E-state index contributed by atoms with van der Waals surface area (Å²) < 4.78 is 5.21. The Balaban J connectivity index is 2.14. The predicted molar refractivity (Wildman–Crippen MR) is 65.6 cm³/mol. The fourth-order valence-electron chi connectivity index (χ4n) is 1.13. The van der Waals surface area contributed by atoms with Crippen LogP contribution < -0.4 is 0 Å². The van der Waals surface area contributed by atoms with E-state index in [4.69, 9.17) is 14.8 Å². The zero-order valence-electron chi connectivity index (χ0n) is 8.99. The van der Waals surface area contributed by atoms with E-state index in [1.165, 1.54) is 5.98 Å². The quantitative estimate of drug-likeness (QED) is 0.558. The number of rotatable bonds is 6. The number of ether oxygens (including phenoxy) is 1. The van der Waals surface area contributed by atoms with Gasteiger partial charge in [-0.2, -0.15) is 0 Å². The van der Waals surface area contributed by atoms with E-state index in [1.54, 1.807) is 6.08 Å². The molecule has 4 heteroatoms. The minimum Gasteiger partial charge on any atom is -0.424 e. The van der Waals surface area contributed by atoms with Crippen LogP contribution in [0.25, 0.3) is 6.08 Å². The molecule has 1 aromatic rings. The first-order valence-corrected chi connectivity index (χ1v) is 5.11. The van der Waals surface area contributed by atoms with Gasteiger partial charge in [-0.15, -0.1) is 0 Å². The van der Waals surface area contributed by atoms with Crippen molar-refractivity contribution in [1.29, 1.82) is 0 Å². The normalized spacial score (nSPS) is 11.4. The fraction of sp³-hybridized carbons (Fsp3) is 0.167. The van der Waals surface area contributed by atoms with Gasteiger partial charge >= 0.3 is 7.12 Å². The molecule has 0 radical (unpaired) electrons. The van der Waals surface area contributed by atoms with Gasteiger partial charge in [-0.1, -0.05) is 54.5 Å². The molecule has 0 fully saturated rings. The van der Waals surface area contributed by atoms with Crippen molar-refractivity contribution in [1.82, 2.24) is 0 Å². The third kappa shape index (κ3) is 6.19. The van der Waals surface area contributed by atoms with Gasteiger partial charge in [0.2, 0.25) is 0 Å². The van der Waals surface area contributed by atoms with Crippen LogP contribution >= 0.6 is 0 Å². The maximum atomic E-state index is 8.50. The molecule has 0 spiro atoms. The maximum absolute atomic E-state index is 8.50. The van der Waals surface area contributed by atoms with Crippen LogP contribution in [0, 0.1) is 0 Å². The molecule has 0 amide bonds. The molecule has 0 bridgehead atoms. The molecule has 0 saturated carbocycles. The van der Waals surface area contributed by atoms with Crippen molar-refractivity contribution < 1.29 is 14.8 Å². The van der Waals surface area contributed by atoms with Crippen molar-refractivity contribution in [2.24, 2.45) is 0 Å². The Morgan fingerprint density at radius 2 is 1.75 bits per heavy atom. The Hall–Kier alpha value is -1.36. The molecule has 0 aliphatic rings. The minimum atomic E-state index is -1.40. The molecule has 0 aliphatic heterocycles. The molecule has 16 heavy (non-hydrogen) atoms. The van der Waals surface area contributed by atoms with Crippen LogP contribution in [0.2, 0.25) is 0 Å². The summed E-state index contributed by atoms with van der Waals surface area (Å²) in [6, 6.07) is 9.95. The van der Waals surface area contributed by atoms with Crippen molar-refractivity contribution in [2.45, 2.75) is 0 Å². The first-order chi connectivity index (χ1) is 7.79. The van der Waals surface area contributed by atoms with Gasteiger partial charge in [0, 0.05) is 0 Å². The van der Waals surface area contributed by atoms with Crippen LogP contribution in [-0.4, -0.2) is 30.4 Å². The van der Waals surface area contributed by atoms with E-state index in [1.807, 2.05) is 42.5 Å². The lowest BCUT2D eigenvalue weighted by Crippen LogP contribution is -2.06. The van der Waals surface area contributed by atoms with Crippen LogP contribution in [0.15, 0.2) is 48.5 Å². The van der Waals surface area contributed by atoms with Crippen LogP contribution in [0.3, 0.4) is 0 Å². The Kier molecular flexibility index (Phi) is 6.26. The van der Waals surface area contributed by atoms with Crippen molar-refractivity contribution >= 4 is 13.2 Å². The Morgan fingerprint density at radius 1 is 1.06 bits per heavy atom. The second-order valence-corrected chi connectivity index (χ2v) is 3.19. The van der Waals surface area contributed by atoms with Crippen molar-refractivity contribution in [2.75, 3.05) is 13.2 Å². The molecule has 1 aromatic carbocycles. The molecule has 1 rings (SSSR count). The molecule has 84 valence electrons. The van der Waals surface area contributed by atoms with E-state index in [0.717, 1.165) is 5.56 Å². The largest absolute Gasteiger partial charge is 0.480 e. The summed E-state index contributed by atoms with van der Waals surface area (Å²) in [5.41, 5.74) is 1.13. The predicted octanol–water partition coefficient (Wildman–Crippen LogP) is 1.28. The first-order valence-electron chi connectivity index (χ1n) is 5.11. The lowest BCUT2D eigenvalue weighted by atomic mass is 9.92. The molecule has 0 atom stereocenters. The van der Waals surface area contributed by atoms with Crippen molar-refractivity contribution in [3.05, 3.63) is 54.0 Å². The fourth-order valence-corrected chi connectivity index (χ4v) is 1.13. The lowest BCUT2D eigenvalue weighted by Gasteiger charge is -1.95. The van der Waals surface area contributed by atoms with Crippen molar-refractivity contribution in [3.8, 4) is 0 Å². The average molecular weight is 218 g/mol. The Morgan fingerprint density at radius 3 is 2.44 bits per heavy atom. The average Bonchev–Trinajstić information content (AvgIpc) is 2.29. The summed E-state index contributed by atoms with van der Waals surface area (Å²) in [6.45, 7) is 0.873. The number of benzene rings is 1. The molecular formula is C12H15BO3. The highest BCUT2D eigenvalue weighted by Crippen LogP contribution is 2.00. The van der Waals surface area contributed by atoms with Crippen LogP contribution in [0.1, 0.15) is 5.56 Å². The van der Waals surface area contributed by atoms with E-state index < -0.39 is 7.12 Å². The maximum Gasteiger partial charge on any atom is 0.480 e. The van der Waals surface area contributed by atoms with E-state index in [0.29, 0.717) is 13.2 Å². The Bertz CT molecular complexity index is 333. The molecule has 0 saturated heterocycles. The third-order valence-corrected chi connectivity index (χ3v) is 1.85. The molecule has 0 unspecified atom stereocenters. The molecular weight excluding hydrogens is 203 g/mol. The zero-order chi connectivity index (χ0) is 11.6. The highest BCUT2D eigenvalue weighted by Gasteiger charge is 1.96. The monoisotopic (exact) mass is 218 g/mol. The van der Waals surface area contributed by atoms with E-state index in [2.05, 4.69) is 0 Å². The number of hydrogen-bond donors (Lipinski definition) is 2. The smallest absolute Gasteiger partial charge is 0.424 e. The van der Waals surface area contributed by atoms with Crippen LogP contribution in [-0.2, 0) is 4.74 Å². The summed E-state index contributed by atoms with van der Waals surface area (Å²) in [5.74, 6) is 1.26. The van der Waals surface area contributed by atoms with Gasteiger partial charge in [0.05, 0.1) is 13.2 Å². The summed E-state index contributed by atoms with van der Waals surface area (Å²) in [6.07, 6.45) is 5.46. The minimum absolute atomic E-state index is 0.372. The third-order valence-electron chi connectivity index (χ3n) is 1.85. The second kappa shape index (κ2) is 7.87. The molecule has 2 N–H and O–H groups in total. The number of hydrogen-bond acceptors (Lipinski definition) is 3. The topological polar surface area (TPSA) is 49.7 Å². The van der Waals surface area contributed by atoms with E-state index >= 15 is 0 Å². The highest BCUT2D eigenvalue weighted by atomic mass is 16.5. The van der Waals surface area contributed by atoms with Crippen LogP contribution in [0.5, 0.6) is 0 Å². The second-order valence-electron chi connectivity index (χ2n) is 3.19. The molecule has 0 aliphatic carbocycles. The van der Waals surface area contributed by atoms with E-state index in [9.17, 15) is 0 Å². The van der Waals surface area contributed by atoms with Gasteiger partial charge in [-0.3, -0.25) is 0 Å². The standard InChI is InChI=1S/C12H15BO3/c14-13(15)9-5-11-16-10-4-8-12-6-2-1-3-7-12/h1-9,14-15H,10-11H2/b8-4?,9-5+. The van der Waals surface area contributed by atoms with Gasteiger partial charge in [-0.25, -0.2) is 0 Å². The van der Waals surface area contributed by atoms with Crippen LogP contribution in [0.4, 0.5) is 0 Å². The summed E-state index contributed by atoms with van der Waals surface area (Å²) in [5, 5.41) is 17.0. The SMILES string of the molecule is OB(O)/C=C/COCC=Cc1ccccc1. The Labute approximate surface area is 95.8 Å². The first kappa shape index (κ1) is 12.7. The highest BCUT2D eigenvalue weighted by molar-refractivity contribution is 6.47. The van der Waals surface area contributed by atoms with Gasteiger partial charge in [-0.05, 0) is 5.56 Å². The summed E-state index contributed by atoms with van der Waals surface area (Å²) >= 11 is 0. The van der Waals surface area contributed by atoms with Gasteiger partial charge < -0.3 is 14.8 Å². The molecule has 3 nitrogen and oxygen atoms in total. The summed E-state index contributed by atoms with van der Waals surface area (Å²) in [4.78, 5) is 0. The van der Waals surface area contributed by atoms with E-state index in [-0.39, 0.29) is 0 Å². The van der Waals surface area contributed by atoms with Gasteiger partial charge in [0.15, 0.2) is 0 Å².